The summed E-state index contributed by atoms with van der Waals surface area (Å²) in [4.78, 5) is 17.6. The van der Waals surface area contributed by atoms with Crippen LogP contribution in [0.25, 0.3) is 5.69 Å². The number of hydrogen-bond acceptors (Lipinski definition) is 5. The number of hydrogen-bond donors (Lipinski definition) is 0. The minimum Gasteiger partial charge on any atom is -0.442 e. The number of anilines is 1. The second kappa shape index (κ2) is 6.52. The molecule has 3 aromatic rings. The van der Waals surface area contributed by atoms with Crippen molar-refractivity contribution in [2.24, 2.45) is 0 Å². The summed E-state index contributed by atoms with van der Waals surface area (Å²) >= 11 is 3.23. The number of aryl methyl sites for hydroxylation is 1. The van der Waals surface area contributed by atoms with Crippen molar-refractivity contribution >= 4 is 27.7 Å². The number of aromatic nitrogens is 5. The van der Waals surface area contributed by atoms with Crippen LogP contribution in [0.1, 0.15) is 5.69 Å². The first kappa shape index (κ1) is 16.7. The molecule has 26 heavy (non-hydrogen) atoms. The Balaban J connectivity index is 1.52. The quantitative estimate of drug-likeness (QED) is 0.648. The van der Waals surface area contributed by atoms with E-state index in [0.717, 1.165) is 5.69 Å². The fraction of sp³-hybridized carbons (Fsp3) is 0.250. The molecule has 4 rings (SSSR count). The molecule has 2 aromatic heterocycles. The first-order chi connectivity index (χ1) is 12.5. The maximum Gasteiger partial charge on any atom is 0.414 e. The third-order valence-corrected chi connectivity index (χ3v) is 4.40. The third kappa shape index (κ3) is 3.19. The van der Waals surface area contributed by atoms with Gasteiger partial charge in [0.15, 0.2) is 0 Å². The fourth-order valence-electron chi connectivity index (χ4n) is 2.82. The topological polar surface area (TPSA) is 78.1 Å². The number of cyclic esters (lactones) is 1. The second-order valence-corrected chi connectivity index (χ2v) is 6.75. The number of amides is 1. The van der Waals surface area contributed by atoms with Gasteiger partial charge < -0.3 is 9.30 Å². The molecule has 10 heteroatoms. The monoisotopic (exact) mass is 420 g/mol. The fourth-order valence-corrected chi connectivity index (χ4v) is 3.14. The van der Waals surface area contributed by atoms with E-state index in [4.69, 9.17) is 4.74 Å². The highest BCUT2D eigenvalue weighted by molar-refractivity contribution is 9.10. The standard InChI is InChI=1S/C16H14BrFN6O2/c1-10-5-23(21-20-10)6-12-7-24(16(25)26-12)11-2-3-14(13(18)4-11)22-8-15(17)19-9-22/h2-5,8-9,12H,6-7H2,1H3/t12-/m0/s1. The van der Waals surface area contributed by atoms with Gasteiger partial charge in [0.1, 0.15) is 22.9 Å². The van der Waals surface area contributed by atoms with E-state index in [9.17, 15) is 9.18 Å². The van der Waals surface area contributed by atoms with Crippen LogP contribution in [0.5, 0.6) is 0 Å². The van der Waals surface area contributed by atoms with Gasteiger partial charge in [-0.3, -0.25) is 4.90 Å². The van der Waals surface area contributed by atoms with Crippen LogP contribution in [-0.4, -0.2) is 43.3 Å². The van der Waals surface area contributed by atoms with Crippen molar-refractivity contribution in [1.82, 2.24) is 24.5 Å². The molecular formula is C16H14BrFN6O2. The van der Waals surface area contributed by atoms with Crippen molar-refractivity contribution in [3.8, 4) is 5.69 Å². The molecule has 0 saturated carbocycles. The Bertz CT molecular complexity index is 971. The summed E-state index contributed by atoms with van der Waals surface area (Å²) in [7, 11) is 0. The second-order valence-electron chi connectivity index (χ2n) is 5.94. The maximum absolute atomic E-state index is 14.5. The zero-order chi connectivity index (χ0) is 18.3. The molecule has 1 aromatic carbocycles. The van der Waals surface area contributed by atoms with Gasteiger partial charge in [0.25, 0.3) is 0 Å². The van der Waals surface area contributed by atoms with Crippen molar-refractivity contribution in [1.29, 1.82) is 0 Å². The summed E-state index contributed by atoms with van der Waals surface area (Å²) in [5, 5.41) is 7.85. The number of halogens is 2. The SMILES string of the molecule is Cc1cn(C[C@H]2CN(c3ccc(-n4cnc(Br)c4)c(F)c3)C(=O)O2)nn1. The van der Waals surface area contributed by atoms with Gasteiger partial charge in [0.2, 0.25) is 0 Å². The molecule has 1 atom stereocenters. The van der Waals surface area contributed by atoms with E-state index in [1.54, 1.807) is 33.8 Å². The first-order valence-corrected chi connectivity index (χ1v) is 8.63. The average molecular weight is 421 g/mol. The summed E-state index contributed by atoms with van der Waals surface area (Å²) < 4.78 is 23.6. The van der Waals surface area contributed by atoms with Gasteiger partial charge >= 0.3 is 6.09 Å². The highest BCUT2D eigenvalue weighted by Crippen LogP contribution is 2.26. The van der Waals surface area contributed by atoms with Gasteiger partial charge in [-0.2, -0.15) is 0 Å². The highest BCUT2D eigenvalue weighted by atomic mass is 79.9. The van der Waals surface area contributed by atoms with Crippen molar-refractivity contribution in [2.45, 2.75) is 19.6 Å². The van der Waals surface area contributed by atoms with Gasteiger partial charge in [-0.1, -0.05) is 5.21 Å². The predicted octanol–water partition coefficient (Wildman–Crippen LogP) is 2.70. The van der Waals surface area contributed by atoms with Gasteiger partial charge in [0, 0.05) is 12.4 Å². The van der Waals surface area contributed by atoms with Crippen LogP contribution in [0.15, 0.2) is 41.5 Å². The number of carbonyl (C=O) groups excluding carboxylic acids is 1. The molecule has 1 aliphatic heterocycles. The summed E-state index contributed by atoms with van der Waals surface area (Å²) in [5.74, 6) is -0.462. The van der Waals surface area contributed by atoms with Crippen LogP contribution in [0.2, 0.25) is 0 Å². The molecule has 3 heterocycles. The minimum absolute atomic E-state index is 0.313. The number of benzene rings is 1. The van der Waals surface area contributed by atoms with Gasteiger partial charge in [-0.25, -0.2) is 18.9 Å². The zero-order valence-corrected chi connectivity index (χ0v) is 15.3. The Morgan fingerprint density at radius 3 is 2.88 bits per heavy atom. The molecule has 1 amide bonds. The predicted molar refractivity (Wildman–Crippen MR) is 93.6 cm³/mol. The lowest BCUT2D eigenvalue weighted by atomic mass is 10.2. The number of carbonyl (C=O) groups is 1. The molecule has 0 radical (unpaired) electrons. The van der Waals surface area contributed by atoms with E-state index in [2.05, 4.69) is 31.2 Å². The van der Waals surface area contributed by atoms with Crippen molar-refractivity contribution in [3.05, 3.63) is 53.0 Å². The van der Waals surface area contributed by atoms with Crippen LogP contribution < -0.4 is 4.90 Å². The van der Waals surface area contributed by atoms with E-state index < -0.39 is 11.9 Å². The molecule has 0 N–H and O–H groups in total. The van der Waals surface area contributed by atoms with Crippen molar-refractivity contribution < 1.29 is 13.9 Å². The van der Waals surface area contributed by atoms with Crippen LogP contribution >= 0.6 is 15.9 Å². The number of nitrogens with zero attached hydrogens (tertiary/aromatic N) is 6. The largest absolute Gasteiger partial charge is 0.442 e. The number of imidazole rings is 1. The molecule has 0 unspecified atom stereocenters. The van der Waals surface area contributed by atoms with Crippen molar-refractivity contribution in [2.75, 3.05) is 11.4 Å². The first-order valence-electron chi connectivity index (χ1n) is 7.84. The van der Waals surface area contributed by atoms with Gasteiger partial charge in [-0.05, 0) is 41.1 Å². The van der Waals surface area contributed by atoms with Gasteiger partial charge in [-0.15, -0.1) is 5.10 Å². The van der Waals surface area contributed by atoms with Crippen LogP contribution in [0.4, 0.5) is 14.9 Å². The molecule has 8 nitrogen and oxygen atoms in total. The maximum atomic E-state index is 14.5. The molecular weight excluding hydrogens is 407 g/mol. The van der Waals surface area contributed by atoms with E-state index in [-0.39, 0.29) is 6.10 Å². The lowest BCUT2D eigenvalue weighted by Gasteiger charge is -2.14. The summed E-state index contributed by atoms with van der Waals surface area (Å²) in [6, 6.07) is 4.59. The molecule has 1 fully saturated rings. The van der Waals surface area contributed by atoms with Crippen LogP contribution in [-0.2, 0) is 11.3 Å². The molecule has 134 valence electrons. The molecule has 0 aliphatic carbocycles. The Morgan fingerprint density at radius 1 is 1.38 bits per heavy atom. The minimum atomic E-state index is -0.510. The van der Waals surface area contributed by atoms with E-state index in [1.165, 1.54) is 17.3 Å². The molecule has 0 bridgehead atoms. The number of ether oxygens (including phenoxy) is 1. The van der Waals surface area contributed by atoms with Crippen molar-refractivity contribution in [3.63, 3.8) is 0 Å². The van der Waals surface area contributed by atoms with Crippen LogP contribution in [0.3, 0.4) is 0 Å². The highest BCUT2D eigenvalue weighted by Gasteiger charge is 2.33. The lowest BCUT2D eigenvalue weighted by Crippen LogP contribution is -2.26. The van der Waals surface area contributed by atoms with E-state index in [1.807, 2.05) is 6.92 Å². The molecule has 0 spiro atoms. The van der Waals surface area contributed by atoms with E-state index >= 15 is 0 Å². The summed E-state index contributed by atoms with van der Waals surface area (Å²) in [6.07, 6.45) is 4.04. The molecule has 1 aliphatic rings. The van der Waals surface area contributed by atoms with Crippen LogP contribution in [0, 0.1) is 12.7 Å². The molecule has 1 saturated heterocycles. The summed E-state index contributed by atoms with van der Waals surface area (Å²) in [6.45, 7) is 2.54. The Labute approximate surface area is 156 Å². The number of rotatable bonds is 4. The summed E-state index contributed by atoms with van der Waals surface area (Å²) in [5.41, 5.74) is 1.57. The third-order valence-electron chi connectivity index (χ3n) is 3.99. The average Bonchev–Trinajstić information content (AvgIpc) is 3.29. The lowest BCUT2D eigenvalue weighted by molar-refractivity contribution is 0.129. The Hall–Kier alpha value is -2.75. The Kier molecular flexibility index (Phi) is 4.19. The smallest absolute Gasteiger partial charge is 0.414 e. The normalized spacial score (nSPS) is 17.0. The zero-order valence-electron chi connectivity index (χ0n) is 13.7. The Morgan fingerprint density at radius 2 is 2.23 bits per heavy atom. The van der Waals surface area contributed by atoms with E-state index in [0.29, 0.717) is 29.1 Å². The van der Waals surface area contributed by atoms with Gasteiger partial charge in [0.05, 0.1) is 30.2 Å².